The van der Waals surface area contributed by atoms with Crippen LogP contribution in [0.25, 0.3) is 0 Å². The number of thiophene rings is 1. The van der Waals surface area contributed by atoms with Gasteiger partial charge in [0.15, 0.2) is 0 Å². The predicted octanol–water partition coefficient (Wildman–Crippen LogP) is 4.12. The van der Waals surface area contributed by atoms with E-state index < -0.39 is 0 Å². The van der Waals surface area contributed by atoms with Gasteiger partial charge in [0.05, 0.1) is 10.4 Å². The lowest BCUT2D eigenvalue weighted by atomic mass is 9.75. The summed E-state index contributed by atoms with van der Waals surface area (Å²) in [7, 11) is 0. The highest BCUT2D eigenvalue weighted by atomic mass is 79.9. The third kappa shape index (κ3) is 2.82. The molecule has 1 N–H and O–H groups in total. The van der Waals surface area contributed by atoms with E-state index in [1.807, 2.05) is 0 Å². The minimum atomic E-state index is 0.239. The summed E-state index contributed by atoms with van der Waals surface area (Å²) >= 11 is 5.32. The summed E-state index contributed by atoms with van der Waals surface area (Å²) in [6.45, 7) is 3.02. The molecule has 1 saturated carbocycles. The van der Waals surface area contributed by atoms with Crippen molar-refractivity contribution in [1.82, 2.24) is 5.32 Å². The molecule has 2 heterocycles. The van der Waals surface area contributed by atoms with E-state index in [9.17, 15) is 0 Å². The fraction of sp³-hybridized carbons (Fsp3) is 0.714. The Morgan fingerprint density at radius 2 is 2.11 bits per heavy atom. The number of hydrogen-bond acceptors (Lipinski definition) is 3. The third-order valence-corrected chi connectivity index (χ3v) is 5.96. The average Bonchev–Trinajstić information content (AvgIpc) is 2.71. The molecule has 1 aromatic rings. The van der Waals surface area contributed by atoms with Crippen molar-refractivity contribution in [2.45, 2.75) is 38.2 Å². The van der Waals surface area contributed by atoms with Crippen molar-refractivity contribution in [1.29, 1.82) is 0 Å². The molecular weight excluding hydrogens is 310 g/mol. The van der Waals surface area contributed by atoms with Crippen LogP contribution in [0.2, 0.25) is 0 Å². The molecule has 2 fully saturated rings. The molecule has 2 nitrogen and oxygen atoms in total. The normalized spacial score (nSPS) is 28.2. The molecule has 0 radical (unpaired) electrons. The van der Waals surface area contributed by atoms with Crippen LogP contribution in [0.4, 0.5) is 0 Å². The largest absolute Gasteiger partial charge is 0.371 e. The number of nitrogens with one attached hydrogen (secondary N) is 1. The summed E-state index contributed by atoms with van der Waals surface area (Å²) in [5.74, 6) is 0. The van der Waals surface area contributed by atoms with Crippen LogP contribution < -0.4 is 5.32 Å². The average molecular weight is 330 g/mol. The predicted molar refractivity (Wildman–Crippen MR) is 79.1 cm³/mol. The molecule has 1 saturated heterocycles. The molecule has 3 rings (SSSR count). The highest BCUT2D eigenvalue weighted by Gasteiger charge is 2.35. The molecule has 0 aromatic carbocycles. The Bertz CT molecular complexity index is 400. The van der Waals surface area contributed by atoms with E-state index in [4.69, 9.17) is 4.74 Å². The van der Waals surface area contributed by atoms with Crippen molar-refractivity contribution in [3.63, 3.8) is 0 Å². The molecule has 100 valence electrons. The van der Waals surface area contributed by atoms with Crippen molar-refractivity contribution in [3.05, 3.63) is 20.8 Å². The fourth-order valence-corrected chi connectivity index (χ4v) is 4.64. The summed E-state index contributed by atoms with van der Waals surface area (Å²) in [4.78, 5) is 1.34. The first kappa shape index (κ1) is 13.1. The summed E-state index contributed by atoms with van der Waals surface area (Å²) in [6, 6.07) is 4.30. The Kier molecular flexibility index (Phi) is 4.09. The fourth-order valence-electron chi connectivity index (χ4n) is 3.16. The van der Waals surface area contributed by atoms with E-state index >= 15 is 0 Å². The highest BCUT2D eigenvalue weighted by Crippen LogP contribution is 2.39. The van der Waals surface area contributed by atoms with Gasteiger partial charge in [0.1, 0.15) is 6.10 Å². The Labute approximate surface area is 121 Å². The second-order valence-corrected chi connectivity index (χ2v) is 8.13. The SMILES string of the molecule is Brc1ccc(C2CNCC3(CCCCC3)CO2)s1. The molecule has 1 spiro atoms. The van der Waals surface area contributed by atoms with Gasteiger partial charge in [-0.05, 0) is 40.9 Å². The van der Waals surface area contributed by atoms with E-state index in [1.54, 1.807) is 11.3 Å². The summed E-state index contributed by atoms with van der Waals surface area (Å²) in [6.07, 6.45) is 7.06. The molecule has 1 unspecified atom stereocenters. The topological polar surface area (TPSA) is 21.3 Å². The maximum Gasteiger partial charge on any atom is 0.104 e. The minimum Gasteiger partial charge on any atom is -0.371 e. The zero-order valence-corrected chi connectivity index (χ0v) is 13.0. The van der Waals surface area contributed by atoms with Crippen LogP contribution in [0.5, 0.6) is 0 Å². The van der Waals surface area contributed by atoms with E-state index in [0.29, 0.717) is 5.41 Å². The van der Waals surface area contributed by atoms with Crippen molar-refractivity contribution in [2.75, 3.05) is 19.7 Å². The lowest BCUT2D eigenvalue weighted by molar-refractivity contribution is 0.0000289. The summed E-state index contributed by atoms with van der Waals surface area (Å²) in [5, 5.41) is 3.63. The van der Waals surface area contributed by atoms with Gasteiger partial charge in [-0.1, -0.05) is 19.3 Å². The van der Waals surface area contributed by atoms with E-state index in [1.165, 1.54) is 40.8 Å². The Hall–Kier alpha value is 0.1000. The summed E-state index contributed by atoms with van der Waals surface area (Å²) in [5.41, 5.74) is 0.418. The standard InChI is InChI=1S/C14H20BrNOS/c15-13-5-4-12(18-13)11-8-16-9-14(10-17-11)6-2-1-3-7-14/h4-5,11,16H,1-3,6-10H2. The smallest absolute Gasteiger partial charge is 0.104 e. The van der Waals surface area contributed by atoms with Crippen LogP contribution >= 0.6 is 27.3 Å². The van der Waals surface area contributed by atoms with Gasteiger partial charge >= 0.3 is 0 Å². The second-order valence-electron chi connectivity index (χ2n) is 5.63. The van der Waals surface area contributed by atoms with Gasteiger partial charge in [-0.15, -0.1) is 11.3 Å². The van der Waals surface area contributed by atoms with Gasteiger partial charge in [0.2, 0.25) is 0 Å². The molecule has 2 aliphatic rings. The summed E-state index contributed by atoms with van der Waals surface area (Å²) < 4.78 is 7.42. The van der Waals surface area contributed by atoms with Gasteiger partial charge < -0.3 is 10.1 Å². The molecule has 1 aromatic heterocycles. The van der Waals surface area contributed by atoms with Crippen LogP contribution in [0.3, 0.4) is 0 Å². The van der Waals surface area contributed by atoms with Gasteiger partial charge in [-0.2, -0.15) is 0 Å². The number of hydrogen-bond donors (Lipinski definition) is 1. The number of halogens is 1. The van der Waals surface area contributed by atoms with Crippen LogP contribution in [0.1, 0.15) is 43.1 Å². The van der Waals surface area contributed by atoms with E-state index in [2.05, 4.69) is 33.4 Å². The van der Waals surface area contributed by atoms with Crippen molar-refractivity contribution in [2.24, 2.45) is 5.41 Å². The van der Waals surface area contributed by atoms with Crippen LogP contribution in [0, 0.1) is 5.41 Å². The van der Waals surface area contributed by atoms with Gasteiger partial charge in [0.25, 0.3) is 0 Å². The number of rotatable bonds is 1. The molecular formula is C14H20BrNOS. The molecule has 0 amide bonds. The maximum atomic E-state index is 6.22. The maximum absolute atomic E-state index is 6.22. The van der Waals surface area contributed by atoms with Crippen molar-refractivity contribution < 1.29 is 4.74 Å². The van der Waals surface area contributed by atoms with Gasteiger partial charge in [-0.25, -0.2) is 0 Å². The Morgan fingerprint density at radius 1 is 1.28 bits per heavy atom. The zero-order chi connectivity index (χ0) is 12.4. The molecule has 0 bridgehead atoms. The van der Waals surface area contributed by atoms with E-state index in [0.717, 1.165) is 19.7 Å². The number of ether oxygens (including phenoxy) is 1. The van der Waals surface area contributed by atoms with Crippen LogP contribution in [-0.2, 0) is 4.74 Å². The lowest BCUT2D eigenvalue weighted by Crippen LogP contribution is -2.37. The van der Waals surface area contributed by atoms with Crippen molar-refractivity contribution in [3.8, 4) is 0 Å². The van der Waals surface area contributed by atoms with Crippen LogP contribution in [-0.4, -0.2) is 19.7 Å². The molecule has 1 aliphatic heterocycles. The quantitative estimate of drug-likeness (QED) is 0.836. The highest BCUT2D eigenvalue weighted by molar-refractivity contribution is 9.11. The first-order valence-electron chi connectivity index (χ1n) is 6.85. The van der Waals surface area contributed by atoms with Gasteiger partial charge in [-0.3, -0.25) is 0 Å². The first-order valence-corrected chi connectivity index (χ1v) is 8.46. The Balaban J connectivity index is 1.68. The zero-order valence-electron chi connectivity index (χ0n) is 10.6. The molecule has 1 atom stereocenters. The molecule has 4 heteroatoms. The monoisotopic (exact) mass is 329 g/mol. The molecule has 18 heavy (non-hydrogen) atoms. The minimum absolute atomic E-state index is 0.239. The second kappa shape index (κ2) is 5.61. The van der Waals surface area contributed by atoms with Crippen LogP contribution in [0.15, 0.2) is 15.9 Å². The Morgan fingerprint density at radius 3 is 2.83 bits per heavy atom. The van der Waals surface area contributed by atoms with E-state index in [-0.39, 0.29) is 6.10 Å². The third-order valence-electron chi connectivity index (χ3n) is 4.25. The van der Waals surface area contributed by atoms with Crippen molar-refractivity contribution >= 4 is 27.3 Å². The lowest BCUT2D eigenvalue weighted by Gasteiger charge is -2.35. The van der Waals surface area contributed by atoms with Gasteiger partial charge in [0, 0.05) is 23.4 Å². The first-order chi connectivity index (χ1) is 8.77. The molecule has 1 aliphatic carbocycles.